The van der Waals surface area contributed by atoms with Crippen LogP contribution < -0.4 is 4.90 Å². The van der Waals surface area contributed by atoms with Gasteiger partial charge in [0.25, 0.3) is 0 Å². The van der Waals surface area contributed by atoms with Gasteiger partial charge >= 0.3 is 0 Å². The average molecular weight is 273 g/mol. The molecule has 1 aliphatic carbocycles. The van der Waals surface area contributed by atoms with Gasteiger partial charge in [0.2, 0.25) is 0 Å². The van der Waals surface area contributed by atoms with Gasteiger partial charge in [-0.1, -0.05) is 31.4 Å². The molecule has 0 amide bonds. The Morgan fingerprint density at radius 3 is 2.10 bits per heavy atom. The molecule has 0 bridgehead atoms. The Bertz CT molecular complexity index is 421. The number of rotatable bonds is 2. The standard InChI is InChI=1S/C18H27NO/c1-15(20)16-5-7-17(8-6-16)19-13-11-18(12-14-19)9-3-2-4-10-18/h5-8,15,20H,2-4,9-14H2,1H3/t15-/m0/s1. The van der Waals surface area contributed by atoms with E-state index in [9.17, 15) is 5.11 Å². The molecule has 3 rings (SSSR count). The van der Waals surface area contributed by atoms with Gasteiger partial charge in [0, 0.05) is 18.8 Å². The molecule has 2 fully saturated rings. The Hall–Kier alpha value is -1.02. The van der Waals surface area contributed by atoms with Crippen LogP contribution in [0.3, 0.4) is 0 Å². The van der Waals surface area contributed by atoms with Crippen LogP contribution in [0, 0.1) is 5.41 Å². The van der Waals surface area contributed by atoms with Crippen LogP contribution in [0.15, 0.2) is 24.3 Å². The molecule has 1 saturated carbocycles. The maximum absolute atomic E-state index is 9.58. The van der Waals surface area contributed by atoms with E-state index in [4.69, 9.17) is 0 Å². The molecule has 20 heavy (non-hydrogen) atoms. The van der Waals surface area contributed by atoms with Crippen molar-refractivity contribution in [3.05, 3.63) is 29.8 Å². The van der Waals surface area contributed by atoms with Crippen LogP contribution in [0.5, 0.6) is 0 Å². The number of benzene rings is 1. The fourth-order valence-corrected chi connectivity index (χ4v) is 4.00. The second-order valence-electron chi connectivity index (χ2n) is 6.82. The van der Waals surface area contributed by atoms with Gasteiger partial charge in [-0.2, -0.15) is 0 Å². The van der Waals surface area contributed by atoms with Gasteiger partial charge in [-0.15, -0.1) is 0 Å². The molecule has 0 unspecified atom stereocenters. The second kappa shape index (κ2) is 5.77. The zero-order chi connectivity index (χ0) is 14.0. The lowest BCUT2D eigenvalue weighted by atomic mass is 9.68. The van der Waals surface area contributed by atoms with E-state index in [0.717, 1.165) is 5.56 Å². The topological polar surface area (TPSA) is 23.5 Å². The molecule has 0 radical (unpaired) electrons. The Balaban J connectivity index is 1.62. The lowest BCUT2D eigenvalue weighted by Crippen LogP contribution is -2.41. The van der Waals surface area contributed by atoms with Gasteiger partial charge in [-0.05, 0) is 55.7 Å². The molecule has 2 heteroatoms. The summed E-state index contributed by atoms with van der Waals surface area (Å²) in [5.41, 5.74) is 3.00. The van der Waals surface area contributed by atoms with Crippen LogP contribution in [0.2, 0.25) is 0 Å². The van der Waals surface area contributed by atoms with Gasteiger partial charge in [0.1, 0.15) is 0 Å². The van der Waals surface area contributed by atoms with Crippen molar-refractivity contribution in [1.29, 1.82) is 0 Å². The molecule has 1 aromatic rings. The predicted octanol–water partition coefficient (Wildman–Crippen LogP) is 4.29. The molecular formula is C18H27NO. The van der Waals surface area contributed by atoms with Crippen LogP contribution in [0.4, 0.5) is 5.69 Å². The fraction of sp³-hybridized carbons (Fsp3) is 0.667. The van der Waals surface area contributed by atoms with Crippen LogP contribution >= 0.6 is 0 Å². The summed E-state index contributed by atoms with van der Waals surface area (Å²) in [6, 6.07) is 8.46. The predicted molar refractivity (Wildman–Crippen MR) is 84.0 cm³/mol. The highest BCUT2D eigenvalue weighted by molar-refractivity contribution is 5.48. The van der Waals surface area contributed by atoms with E-state index in [1.807, 2.05) is 6.92 Å². The van der Waals surface area contributed by atoms with Crippen LogP contribution in [-0.4, -0.2) is 18.2 Å². The van der Waals surface area contributed by atoms with Crippen LogP contribution in [-0.2, 0) is 0 Å². The minimum absolute atomic E-state index is 0.365. The van der Waals surface area contributed by atoms with E-state index in [0.29, 0.717) is 5.41 Å². The lowest BCUT2D eigenvalue weighted by Gasteiger charge is -2.45. The Labute approximate surface area is 122 Å². The minimum atomic E-state index is -0.365. The molecule has 1 spiro atoms. The number of aliphatic hydroxyl groups excluding tert-OH is 1. The highest BCUT2D eigenvalue weighted by Gasteiger charge is 2.35. The minimum Gasteiger partial charge on any atom is -0.389 e. The van der Waals surface area contributed by atoms with Crippen molar-refractivity contribution in [2.24, 2.45) is 5.41 Å². The number of anilines is 1. The summed E-state index contributed by atoms with van der Waals surface area (Å²) < 4.78 is 0. The molecular weight excluding hydrogens is 246 g/mol. The normalized spacial score (nSPS) is 23.8. The molecule has 1 saturated heterocycles. The van der Waals surface area contributed by atoms with E-state index < -0.39 is 0 Å². The van der Waals surface area contributed by atoms with E-state index >= 15 is 0 Å². The SMILES string of the molecule is C[C@H](O)c1ccc(N2CCC3(CCCCC3)CC2)cc1. The molecule has 0 aromatic heterocycles. The molecule has 1 atom stereocenters. The average Bonchev–Trinajstić information content (AvgIpc) is 2.49. The van der Waals surface area contributed by atoms with Crippen molar-refractivity contribution >= 4 is 5.69 Å². The van der Waals surface area contributed by atoms with Crippen LogP contribution in [0.1, 0.15) is 63.5 Å². The quantitative estimate of drug-likeness (QED) is 0.869. The maximum Gasteiger partial charge on any atom is 0.0761 e. The Morgan fingerprint density at radius 1 is 0.950 bits per heavy atom. The van der Waals surface area contributed by atoms with Gasteiger partial charge in [-0.25, -0.2) is 0 Å². The third kappa shape index (κ3) is 2.85. The van der Waals surface area contributed by atoms with Crippen molar-refractivity contribution in [3.8, 4) is 0 Å². The molecule has 2 nitrogen and oxygen atoms in total. The first-order valence-electron chi connectivity index (χ1n) is 8.22. The van der Waals surface area contributed by atoms with E-state index in [2.05, 4.69) is 29.2 Å². The van der Waals surface area contributed by atoms with E-state index in [-0.39, 0.29) is 6.10 Å². The van der Waals surface area contributed by atoms with Crippen molar-refractivity contribution < 1.29 is 5.11 Å². The molecule has 1 aromatic carbocycles. The first-order chi connectivity index (χ1) is 9.69. The van der Waals surface area contributed by atoms with Gasteiger partial charge < -0.3 is 10.0 Å². The van der Waals surface area contributed by atoms with Crippen molar-refractivity contribution in [1.82, 2.24) is 0 Å². The molecule has 1 N–H and O–H groups in total. The zero-order valence-electron chi connectivity index (χ0n) is 12.6. The summed E-state index contributed by atoms with van der Waals surface area (Å²) in [4.78, 5) is 2.52. The summed E-state index contributed by atoms with van der Waals surface area (Å²) in [5.74, 6) is 0. The smallest absolute Gasteiger partial charge is 0.0761 e. The van der Waals surface area contributed by atoms with E-state index in [1.165, 1.54) is 63.7 Å². The summed E-state index contributed by atoms with van der Waals surface area (Å²) in [6.45, 7) is 4.23. The Morgan fingerprint density at radius 2 is 1.55 bits per heavy atom. The molecule has 1 aliphatic heterocycles. The van der Waals surface area contributed by atoms with Gasteiger partial charge in [0.15, 0.2) is 0 Å². The molecule has 1 heterocycles. The maximum atomic E-state index is 9.58. The largest absolute Gasteiger partial charge is 0.389 e. The molecule has 110 valence electrons. The fourth-order valence-electron chi connectivity index (χ4n) is 4.00. The second-order valence-corrected chi connectivity index (χ2v) is 6.82. The van der Waals surface area contributed by atoms with Gasteiger partial charge in [0.05, 0.1) is 6.10 Å². The third-order valence-corrected chi connectivity index (χ3v) is 5.48. The van der Waals surface area contributed by atoms with Crippen LogP contribution in [0.25, 0.3) is 0 Å². The number of hydrogen-bond acceptors (Lipinski definition) is 2. The van der Waals surface area contributed by atoms with E-state index in [1.54, 1.807) is 0 Å². The third-order valence-electron chi connectivity index (χ3n) is 5.48. The number of nitrogens with zero attached hydrogens (tertiary/aromatic N) is 1. The lowest BCUT2D eigenvalue weighted by molar-refractivity contribution is 0.144. The van der Waals surface area contributed by atoms with Crippen molar-refractivity contribution in [2.75, 3.05) is 18.0 Å². The highest BCUT2D eigenvalue weighted by atomic mass is 16.3. The summed E-state index contributed by atoms with van der Waals surface area (Å²) >= 11 is 0. The van der Waals surface area contributed by atoms with Gasteiger partial charge in [-0.3, -0.25) is 0 Å². The summed E-state index contributed by atoms with van der Waals surface area (Å²) in [6.07, 6.45) is 9.63. The number of hydrogen-bond donors (Lipinski definition) is 1. The van der Waals surface area contributed by atoms with Crippen molar-refractivity contribution in [2.45, 2.75) is 58.0 Å². The highest BCUT2D eigenvalue weighted by Crippen LogP contribution is 2.45. The first kappa shape index (κ1) is 13.9. The van der Waals surface area contributed by atoms with Crippen molar-refractivity contribution in [3.63, 3.8) is 0 Å². The first-order valence-corrected chi connectivity index (χ1v) is 8.22. The Kier molecular flexibility index (Phi) is 4.02. The summed E-state index contributed by atoms with van der Waals surface area (Å²) in [7, 11) is 0. The molecule has 2 aliphatic rings. The number of aliphatic hydroxyl groups is 1. The summed E-state index contributed by atoms with van der Waals surface area (Å²) in [5, 5.41) is 9.58. The zero-order valence-corrected chi connectivity index (χ0v) is 12.6. The number of piperidine rings is 1. The monoisotopic (exact) mass is 273 g/mol.